The Morgan fingerprint density at radius 3 is 2.13 bits per heavy atom. The van der Waals surface area contributed by atoms with Crippen LogP contribution in [0.5, 0.6) is 0 Å². The Hall–Kier alpha value is -2.70. The third kappa shape index (κ3) is 4.81. The molecule has 2 nitrogen and oxygen atoms in total. The molecule has 1 N–H and O–H groups in total. The largest absolute Gasteiger partial charge is 0.477 e. The molecular formula is C24H23F5O2. The molecule has 31 heavy (non-hydrogen) atoms. The number of hydrogen-bond donors (Lipinski definition) is 1. The molecule has 166 valence electrons. The van der Waals surface area contributed by atoms with Crippen LogP contribution in [-0.2, 0) is 0 Å². The topological polar surface area (TPSA) is 37.3 Å². The molecule has 1 saturated carbocycles. The monoisotopic (exact) mass is 438 g/mol. The minimum Gasteiger partial charge on any atom is -0.477 e. The second-order valence-electron chi connectivity index (χ2n) is 7.90. The van der Waals surface area contributed by atoms with E-state index in [-0.39, 0.29) is 17.0 Å². The number of carboxylic acids is 1. The zero-order valence-corrected chi connectivity index (χ0v) is 17.0. The summed E-state index contributed by atoms with van der Waals surface area (Å²) in [5, 5.41) is 9.21. The van der Waals surface area contributed by atoms with Crippen LogP contribution in [-0.4, -0.2) is 11.1 Å². The molecule has 2 aromatic carbocycles. The van der Waals surface area contributed by atoms with Gasteiger partial charge in [-0.25, -0.2) is 26.7 Å². The van der Waals surface area contributed by atoms with Crippen LogP contribution in [0.15, 0.2) is 30.4 Å². The first-order chi connectivity index (χ1) is 14.7. The molecule has 1 aliphatic rings. The van der Waals surface area contributed by atoms with E-state index < -0.39 is 46.2 Å². The van der Waals surface area contributed by atoms with Crippen molar-refractivity contribution in [2.45, 2.75) is 51.4 Å². The highest BCUT2D eigenvalue weighted by atomic mass is 19.2. The van der Waals surface area contributed by atoms with Gasteiger partial charge in [-0.2, -0.15) is 0 Å². The molecule has 0 unspecified atom stereocenters. The fraction of sp³-hybridized carbons (Fsp3) is 0.375. The molecule has 0 spiro atoms. The van der Waals surface area contributed by atoms with Crippen LogP contribution in [0.4, 0.5) is 22.0 Å². The van der Waals surface area contributed by atoms with E-state index in [0.29, 0.717) is 30.9 Å². The predicted molar refractivity (Wildman–Crippen MR) is 107 cm³/mol. The lowest BCUT2D eigenvalue weighted by molar-refractivity contribution is 0.0686. The molecule has 0 saturated heterocycles. The molecule has 0 amide bonds. The van der Waals surface area contributed by atoms with Gasteiger partial charge < -0.3 is 5.11 Å². The van der Waals surface area contributed by atoms with Crippen LogP contribution in [0.25, 0.3) is 11.1 Å². The van der Waals surface area contributed by atoms with E-state index in [1.807, 2.05) is 0 Å². The average molecular weight is 438 g/mol. The SMILES string of the molecule is CCC/C=C/C1CCC(c2cc(F)c(C(=O)O)c(F)c2-c2cc(F)c(F)c(F)c2)CC1. The third-order valence-electron chi connectivity index (χ3n) is 5.81. The van der Waals surface area contributed by atoms with Crippen LogP contribution in [0.3, 0.4) is 0 Å². The van der Waals surface area contributed by atoms with E-state index >= 15 is 4.39 Å². The number of halogens is 5. The zero-order valence-electron chi connectivity index (χ0n) is 17.0. The van der Waals surface area contributed by atoms with E-state index in [4.69, 9.17) is 0 Å². The molecule has 7 heteroatoms. The summed E-state index contributed by atoms with van der Waals surface area (Å²) in [7, 11) is 0. The van der Waals surface area contributed by atoms with Crippen molar-refractivity contribution in [3.05, 3.63) is 70.6 Å². The quantitative estimate of drug-likeness (QED) is 0.290. The van der Waals surface area contributed by atoms with Gasteiger partial charge in [0.2, 0.25) is 0 Å². The summed E-state index contributed by atoms with van der Waals surface area (Å²) in [6.45, 7) is 2.08. The maximum atomic E-state index is 15.2. The number of aromatic carboxylic acids is 1. The zero-order chi connectivity index (χ0) is 22.7. The minimum absolute atomic E-state index is 0.140. The van der Waals surface area contributed by atoms with Crippen LogP contribution >= 0.6 is 0 Å². The second-order valence-corrected chi connectivity index (χ2v) is 7.90. The van der Waals surface area contributed by atoms with Gasteiger partial charge in [0, 0.05) is 5.56 Å². The first-order valence-corrected chi connectivity index (χ1v) is 10.3. The van der Waals surface area contributed by atoms with E-state index in [1.165, 1.54) is 0 Å². The number of carbonyl (C=O) groups is 1. The molecule has 1 fully saturated rings. The maximum Gasteiger partial charge on any atom is 0.341 e. The number of hydrogen-bond acceptors (Lipinski definition) is 1. The Morgan fingerprint density at radius 2 is 1.58 bits per heavy atom. The fourth-order valence-corrected chi connectivity index (χ4v) is 4.23. The number of benzene rings is 2. The Labute approximate surface area is 177 Å². The van der Waals surface area contributed by atoms with Gasteiger partial charge in [0.15, 0.2) is 17.5 Å². The van der Waals surface area contributed by atoms with Crippen molar-refractivity contribution in [3.8, 4) is 11.1 Å². The van der Waals surface area contributed by atoms with Crippen LogP contribution < -0.4 is 0 Å². The summed E-state index contributed by atoms with van der Waals surface area (Å²) in [5.74, 6) is -9.29. The third-order valence-corrected chi connectivity index (χ3v) is 5.81. The van der Waals surface area contributed by atoms with Gasteiger partial charge in [-0.05, 0) is 73.3 Å². The Morgan fingerprint density at radius 1 is 0.968 bits per heavy atom. The van der Waals surface area contributed by atoms with Crippen LogP contribution in [0.1, 0.15) is 67.3 Å². The van der Waals surface area contributed by atoms with Gasteiger partial charge in [-0.1, -0.05) is 25.5 Å². The van der Waals surface area contributed by atoms with Crippen molar-refractivity contribution in [1.29, 1.82) is 0 Å². The first kappa shape index (κ1) is 23.0. The summed E-state index contributed by atoms with van der Waals surface area (Å²) < 4.78 is 70.7. The smallest absolute Gasteiger partial charge is 0.341 e. The van der Waals surface area contributed by atoms with Gasteiger partial charge in [0.1, 0.15) is 17.2 Å². The van der Waals surface area contributed by atoms with Gasteiger partial charge in [-0.15, -0.1) is 0 Å². The summed E-state index contributed by atoms with van der Waals surface area (Å²) in [6, 6.07) is 2.13. The van der Waals surface area contributed by atoms with E-state index in [0.717, 1.165) is 31.7 Å². The number of allylic oxidation sites excluding steroid dienone is 2. The predicted octanol–water partition coefficient (Wildman–Crippen LogP) is 7.38. The van der Waals surface area contributed by atoms with E-state index in [9.17, 15) is 27.5 Å². The van der Waals surface area contributed by atoms with E-state index in [2.05, 4.69) is 19.1 Å². The molecule has 0 bridgehead atoms. The number of rotatable bonds is 6. The second kappa shape index (κ2) is 9.62. The Balaban J connectivity index is 2.06. The molecule has 1 aliphatic carbocycles. The lowest BCUT2D eigenvalue weighted by Gasteiger charge is -2.29. The minimum atomic E-state index is -1.84. The average Bonchev–Trinajstić information content (AvgIpc) is 2.71. The standard InChI is InChI=1S/C24H23F5O2/c1-2-3-4-5-13-6-8-14(9-7-13)16-12-17(25)21(24(30)31)23(29)20(16)15-10-18(26)22(28)19(27)11-15/h4-5,10-14H,2-3,6-9H2,1H3,(H,30,31)/b5-4+. The van der Waals surface area contributed by atoms with Gasteiger partial charge in [0.25, 0.3) is 0 Å². The van der Waals surface area contributed by atoms with Crippen LogP contribution in [0.2, 0.25) is 0 Å². The fourth-order valence-electron chi connectivity index (χ4n) is 4.23. The van der Waals surface area contributed by atoms with Gasteiger partial charge in [0.05, 0.1) is 0 Å². The molecular weight excluding hydrogens is 415 g/mol. The van der Waals surface area contributed by atoms with Crippen molar-refractivity contribution < 1.29 is 31.9 Å². The summed E-state index contributed by atoms with van der Waals surface area (Å²) in [4.78, 5) is 11.4. The van der Waals surface area contributed by atoms with Crippen molar-refractivity contribution in [2.24, 2.45) is 5.92 Å². The number of carboxylic acid groups (broad SMARTS) is 1. The molecule has 0 heterocycles. The summed E-state index contributed by atoms with van der Waals surface area (Å²) in [6.07, 6.45) is 8.94. The number of unbranched alkanes of at least 4 members (excludes halogenated alkanes) is 1. The lowest BCUT2D eigenvalue weighted by Crippen LogP contribution is -2.16. The molecule has 0 atom stereocenters. The first-order valence-electron chi connectivity index (χ1n) is 10.3. The van der Waals surface area contributed by atoms with Crippen molar-refractivity contribution in [1.82, 2.24) is 0 Å². The van der Waals surface area contributed by atoms with E-state index in [1.54, 1.807) is 0 Å². The van der Waals surface area contributed by atoms with Crippen molar-refractivity contribution in [3.63, 3.8) is 0 Å². The highest BCUT2D eigenvalue weighted by Crippen LogP contribution is 2.43. The molecule has 0 aliphatic heterocycles. The maximum absolute atomic E-state index is 15.2. The van der Waals surface area contributed by atoms with Crippen LogP contribution in [0, 0.1) is 35.0 Å². The molecule has 0 radical (unpaired) electrons. The normalized spacial score (nSPS) is 19.2. The summed E-state index contributed by atoms with van der Waals surface area (Å²) >= 11 is 0. The van der Waals surface area contributed by atoms with Crippen molar-refractivity contribution in [2.75, 3.05) is 0 Å². The molecule has 2 aromatic rings. The van der Waals surface area contributed by atoms with Crippen molar-refractivity contribution >= 4 is 5.97 Å². The Kier molecular flexibility index (Phi) is 7.13. The highest BCUT2D eigenvalue weighted by molar-refractivity contribution is 5.91. The highest BCUT2D eigenvalue weighted by Gasteiger charge is 2.30. The molecule has 0 aromatic heterocycles. The lowest BCUT2D eigenvalue weighted by atomic mass is 9.76. The van der Waals surface area contributed by atoms with Gasteiger partial charge >= 0.3 is 5.97 Å². The van der Waals surface area contributed by atoms with Gasteiger partial charge in [-0.3, -0.25) is 0 Å². The Bertz CT molecular complexity index is 985. The molecule has 3 rings (SSSR count). The summed E-state index contributed by atoms with van der Waals surface area (Å²) in [5.41, 5.74) is -1.83.